The summed E-state index contributed by atoms with van der Waals surface area (Å²) in [4.78, 5) is 0. The molecule has 142 valence electrons. The van der Waals surface area contributed by atoms with Gasteiger partial charge in [0, 0.05) is 18.5 Å². The van der Waals surface area contributed by atoms with Crippen molar-refractivity contribution in [3.8, 4) is 0 Å². The molecule has 2 heteroatoms. The summed E-state index contributed by atoms with van der Waals surface area (Å²) in [6.07, 6.45) is 3.11. The topological polar surface area (TPSA) is 21.3 Å². The summed E-state index contributed by atoms with van der Waals surface area (Å²) in [5.41, 5.74) is 5.05. The number of ether oxygens (including phenoxy) is 1. The molecule has 0 radical (unpaired) electrons. The molecule has 0 bridgehead atoms. The zero-order valence-electron chi connectivity index (χ0n) is 16.1. The minimum absolute atomic E-state index is 0.235. The Morgan fingerprint density at radius 2 is 1.50 bits per heavy atom. The lowest BCUT2D eigenvalue weighted by molar-refractivity contribution is 0.0523. The van der Waals surface area contributed by atoms with Gasteiger partial charge in [-0.15, -0.1) is 0 Å². The summed E-state index contributed by atoms with van der Waals surface area (Å²) < 4.78 is 6.23. The van der Waals surface area contributed by atoms with Gasteiger partial charge in [-0.05, 0) is 28.7 Å². The highest BCUT2D eigenvalue weighted by molar-refractivity contribution is 5.47. The van der Waals surface area contributed by atoms with Crippen molar-refractivity contribution < 1.29 is 4.74 Å². The second-order valence-electron chi connectivity index (χ2n) is 7.43. The first-order valence-electron chi connectivity index (χ1n) is 10.00. The number of rotatable bonds is 7. The Hall–Kier alpha value is -2.68. The van der Waals surface area contributed by atoms with Crippen molar-refractivity contribution in [1.82, 2.24) is 5.32 Å². The van der Waals surface area contributed by atoms with Crippen LogP contribution in [0.25, 0.3) is 6.08 Å². The van der Waals surface area contributed by atoms with Crippen molar-refractivity contribution in [2.75, 3.05) is 6.54 Å². The molecule has 3 aromatic rings. The Morgan fingerprint density at radius 3 is 2.07 bits per heavy atom. The van der Waals surface area contributed by atoms with E-state index in [4.69, 9.17) is 4.74 Å². The number of hydrogen-bond donors (Lipinski definition) is 1. The van der Waals surface area contributed by atoms with Crippen LogP contribution in [-0.2, 0) is 11.3 Å². The van der Waals surface area contributed by atoms with E-state index in [0.29, 0.717) is 18.6 Å². The van der Waals surface area contributed by atoms with Gasteiger partial charge in [0.05, 0.1) is 12.7 Å². The van der Waals surface area contributed by atoms with Gasteiger partial charge in [-0.25, -0.2) is 0 Å². The quantitative estimate of drug-likeness (QED) is 0.601. The predicted molar refractivity (Wildman–Crippen MR) is 116 cm³/mol. The van der Waals surface area contributed by atoms with E-state index >= 15 is 0 Å². The van der Waals surface area contributed by atoms with Crippen LogP contribution in [-0.4, -0.2) is 18.7 Å². The zero-order chi connectivity index (χ0) is 19.2. The SMILES string of the molecule is C=Cc1ccc(CO[C@H]2CN[C@@H](C(c3ccccc3)c3ccccc3)C2)cc1. The highest BCUT2D eigenvalue weighted by atomic mass is 16.5. The van der Waals surface area contributed by atoms with Gasteiger partial charge in [0.2, 0.25) is 0 Å². The fraction of sp³-hybridized carbons (Fsp3) is 0.231. The summed E-state index contributed by atoms with van der Waals surface area (Å²) >= 11 is 0. The molecule has 1 saturated heterocycles. The first-order valence-corrected chi connectivity index (χ1v) is 10.00. The average Bonchev–Trinajstić information content (AvgIpc) is 3.23. The maximum Gasteiger partial charge on any atom is 0.0721 e. The molecule has 1 heterocycles. The van der Waals surface area contributed by atoms with E-state index in [2.05, 4.69) is 96.8 Å². The van der Waals surface area contributed by atoms with E-state index < -0.39 is 0 Å². The lowest BCUT2D eigenvalue weighted by atomic mass is 9.84. The van der Waals surface area contributed by atoms with Gasteiger partial charge < -0.3 is 10.1 Å². The van der Waals surface area contributed by atoms with Gasteiger partial charge in [0.1, 0.15) is 0 Å². The molecule has 0 unspecified atom stereocenters. The van der Waals surface area contributed by atoms with Crippen LogP contribution in [0, 0.1) is 0 Å². The lowest BCUT2D eigenvalue weighted by Crippen LogP contribution is -2.29. The number of nitrogens with one attached hydrogen (secondary N) is 1. The maximum absolute atomic E-state index is 6.23. The summed E-state index contributed by atoms with van der Waals surface area (Å²) in [6, 6.07) is 30.4. The smallest absolute Gasteiger partial charge is 0.0721 e. The van der Waals surface area contributed by atoms with Gasteiger partial charge in [-0.2, -0.15) is 0 Å². The lowest BCUT2D eigenvalue weighted by Gasteiger charge is -2.25. The largest absolute Gasteiger partial charge is 0.372 e. The Balaban J connectivity index is 1.43. The van der Waals surface area contributed by atoms with Crippen molar-refractivity contribution in [3.05, 3.63) is 114 Å². The summed E-state index contributed by atoms with van der Waals surface area (Å²) in [6.45, 7) is 5.35. The van der Waals surface area contributed by atoms with Gasteiger partial charge >= 0.3 is 0 Å². The molecule has 2 nitrogen and oxygen atoms in total. The Bertz CT molecular complexity index is 834. The molecule has 0 saturated carbocycles. The third-order valence-corrected chi connectivity index (χ3v) is 5.55. The number of hydrogen-bond acceptors (Lipinski definition) is 2. The first kappa shape index (κ1) is 18.7. The summed E-state index contributed by atoms with van der Waals surface area (Å²) in [5.74, 6) is 0.336. The molecular weight excluding hydrogens is 342 g/mol. The van der Waals surface area contributed by atoms with Crippen LogP contribution >= 0.6 is 0 Å². The van der Waals surface area contributed by atoms with E-state index in [1.54, 1.807) is 0 Å². The fourth-order valence-electron chi connectivity index (χ4n) is 4.06. The van der Waals surface area contributed by atoms with E-state index in [9.17, 15) is 0 Å². The van der Waals surface area contributed by atoms with Crippen molar-refractivity contribution >= 4 is 6.08 Å². The molecular formula is C26H27NO. The van der Waals surface area contributed by atoms with E-state index in [-0.39, 0.29) is 6.10 Å². The van der Waals surface area contributed by atoms with Crippen LogP contribution in [0.1, 0.15) is 34.6 Å². The van der Waals surface area contributed by atoms with Crippen LogP contribution < -0.4 is 5.32 Å². The molecule has 0 aliphatic carbocycles. The molecule has 1 fully saturated rings. The average molecular weight is 370 g/mol. The Kier molecular flexibility index (Phi) is 6.01. The van der Waals surface area contributed by atoms with Crippen LogP contribution in [0.2, 0.25) is 0 Å². The Labute approximate surface area is 167 Å². The molecule has 0 aromatic heterocycles. The number of benzene rings is 3. The van der Waals surface area contributed by atoms with Crippen LogP contribution in [0.4, 0.5) is 0 Å². The van der Waals surface area contributed by atoms with E-state index in [1.165, 1.54) is 16.7 Å². The first-order chi connectivity index (χ1) is 13.8. The van der Waals surface area contributed by atoms with E-state index in [0.717, 1.165) is 18.5 Å². The van der Waals surface area contributed by atoms with Crippen molar-refractivity contribution in [3.63, 3.8) is 0 Å². The summed E-state index contributed by atoms with van der Waals surface area (Å²) in [7, 11) is 0. The molecule has 3 aromatic carbocycles. The molecule has 1 aliphatic rings. The minimum atomic E-state index is 0.235. The van der Waals surface area contributed by atoms with Crippen LogP contribution in [0.3, 0.4) is 0 Å². The van der Waals surface area contributed by atoms with E-state index in [1.807, 2.05) is 6.08 Å². The molecule has 1 N–H and O–H groups in total. The second-order valence-corrected chi connectivity index (χ2v) is 7.43. The highest BCUT2D eigenvalue weighted by Crippen LogP contribution is 2.32. The zero-order valence-corrected chi connectivity index (χ0v) is 16.1. The van der Waals surface area contributed by atoms with Crippen molar-refractivity contribution in [2.45, 2.75) is 31.1 Å². The van der Waals surface area contributed by atoms with Crippen molar-refractivity contribution in [1.29, 1.82) is 0 Å². The molecule has 0 spiro atoms. The standard InChI is InChI=1S/C26H27NO/c1-2-20-13-15-21(16-14-20)19-28-24-17-25(27-18-24)26(22-9-5-3-6-10-22)23-11-7-4-8-12-23/h2-16,24-27H,1,17-19H2/t24-,25-/m1/s1. The van der Waals surface area contributed by atoms with Crippen LogP contribution in [0.15, 0.2) is 91.5 Å². The van der Waals surface area contributed by atoms with Gasteiger partial charge in [0.15, 0.2) is 0 Å². The third kappa shape index (κ3) is 4.41. The molecule has 2 atom stereocenters. The molecule has 0 amide bonds. The normalized spacial score (nSPS) is 19.0. The third-order valence-electron chi connectivity index (χ3n) is 5.55. The molecule has 28 heavy (non-hydrogen) atoms. The molecule has 4 rings (SSSR count). The molecule has 1 aliphatic heterocycles. The summed E-state index contributed by atoms with van der Waals surface area (Å²) in [5, 5.41) is 3.72. The van der Waals surface area contributed by atoms with Crippen LogP contribution in [0.5, 0.6) is 0 Å². The van der Waals surface area contributed by atoms with Gasteiger partial charge in [0.25, 0.3) is 0 Å². The fourth-order valence-corrected chi connectivity index (χ4v) is 4.06. The van der Waals surface area contributed by atoms with Gasteiger partial charge in [-0.1, -0.05) is 97.6 Å². The highest BCUT2D eigenvalue weighted by Gasteiger charge is 2.32. The minimum Gasteiger partial charge on any atom is -0.372 e. The van der Waals surface area contributed by atoms with Gasteiger partial charge in [-0.3, -0.25) is 0 Å². The Morgan fingerprint density at radius 1 is 0.893 bits per heavy atom. The van der Waals surface area contributed by atoms with Crippen molar-refractivity contribution in [2.24, 2.45) is 0 Å². The monoisotopic (exact) mass is 369 g/mol. The second kappa shape index (κ2) is 9.01. The maximum atomic E-state index is 6.23. The predicted octanol–water partition coefficient (Wildman–Crippen LogP) is 5.41.